The minimum atomic E-state index is -0.0283. The van der Waals surface area contributed by atoms with Crippen molar-refractivity contribution in [3.63, 3.8) is 0 Å². The SMILES string of the molecule is COc1cc2c(cc1OC)[C@H]([C@@H](C)NC(C)=O)N(Cc1cccc(C)c1)CC2. The number of fused-ring (bicyclic) bond motifs is 1. The molecule has 1 heterocycles. The number of amides is 1. The van der Waals surface area contributed by atoms with Crippen LogP contribution in [0.2, 0.25) is 0 Å². The van der Waals surface area contributed by atoms with E-state index in [2.05, 4.69) is 60.5 Å². The molecular formula is C23H30N2O3. The highest BCUT2D eigenvalue weighted by Crippen LogP contribution is 2.40. The quantitative estimate of drug-likeness (QED) is 0.829. The van der Waals surface area contributed by atoms with Crippen molar-refractivity contribution in [2.45, 2.75) is 45.8 Å². The monoisotopic (exact) mass is 382 g/mol. The summed E-state index contributed by atoms with van der Waals surface area (Å²) in [5.41, 5.74) is 4.98. The number of nitrogens with one attached hydrogen (secondary N) is 1. The van der Waals surface area contributed by atoms with Gasteiger partial charge in [-0.05, 0) is 49.1 Å². The molecular weight excluding hydrogens is 352 g/mol. The Hall–Kier alpha value is -2.53. The summed E-state index contributed by atoms with van der Waals surface area (Å²) in [5, 5.41) is 3.09. The van der Waals surface area contributed by atoms with Crippen molar-refractivity contribution in [3.8, 4) is 11.5 Å². The van der Waals surface area contributed by atoms with Gasteiger partial charge in [0.1, 0.15) is 0 Å². The lowest BCUT2D eigenvalue weighted by atomic mass is 9.87. The van der Waals surface area contributed by atoms with Crippen LogP contribution in [0.25, 0.3) is 0 Å². The summed E-state index contributed by atoms with van der Waals surface area (Å²) in [6.45, 7) is 7.51. The molecule has 5 heteroatoms. The first-order valence-electron chi connectivity index (χ1n) is 9.74. The van der Waals surface area contributed by atoms with Gasteiger partial charge in [-0.15, -0.1) is 0 Å². The minimum absolute atomic E-state index is 0.0180. The number of hydrogen-bond donors (Lipinski definition) is 1. The summed E-state index contributed by atoms with van der Waals surface area (Å²) in [6, 6.07) is 12.8. The number of ether oxygens (including phenoxy) is 2. The number of aryl methyl sites for hydroxylation is 1. The Morgan fingerprint density at radius 3 is 2.57 bits per heavy atom. The van der Waals surface area contributed by atoms with Crippen molar-refractivity contribution in [1.29, 1.82) is 0 Å². The van der Waals surface area contributed by atoms with Gasteiger partial charge in [-0.25, -0.2) is 0 Å². The van der Waals surface area contributed by atoms with Crippen LogP contribution in [0.1, 0.15) is 42.1 Å². The third-order valence-electron chi connectivity index (χ3n) is 5.40. The largest absolute Gasteiger partial charge is 0.493 e. The molecule has 0 saturated heterocycles. The molecule has 0 saturated carbocycles. The van der Waals surface area contributed by atoms with Crippen LogP contribution in [0.4, 0.5) is 0 Å². The van der Waals surface area contributed by atoms with Gasteiger partial charge in [0.2, 0.25) is 5.91 Å². The molecule has 0 radical (unpaired) electrons. The lowest BCUT2D eigenvalue weighted by Crippen LogP contribution is -2.46. The number of methoxy groups -OCH3 is 2. The van der Waals surface area contributed by atoms with Gasteiger partial charge in [-0.2, -0.15) is 0 Å². The second kappa shape index (κ2) is 8.65. The number of benzene rings is 2. The van der Waals surface area contributed by atoms with Gasteiger partial charge in [0.15, 0.2) is 11.5 Å². The molecule has 0 unspecified atom stereocenters. The van der Waals surface area contributed by atoms with Gasteiger partial charge < -0.3 is 14.8 Å². The topological polar surface area (TPSA) is 50.8 Å². The summed E-state index contributed by atoms with van der Waals surface area (Å²) in [7, 11) is 3.32. The van der Waals surface area contributed by atoms with E-state index < -0.39 is 0 Å². The highest BCUT2D eigenvalue weighted by molar-refractivity contribution is 5.73. The number of carbonyl (C=O) groups excluding carboxylic acids is 1. The fraction of sp³-hybridized carbons (Fsp3) is 0.435. The number of rotatable bonds is 6. The van der Waals surface area contributed by atoms with Gasteiger partial charge in [-0.3, -0.25) is 9.69 Å². The Morgan fingerprint density at radius 2 is 1.93 bits per heavy atom. The van der Waals surface area contributed by atoms with E-state index in [1.165, 1.54) is 22.3 Å². The van der Waals surface area contributed by atoms with Crippen LogP contribution in [0.3, 0.4) is 0 Å². The van der Waals surface area contributed by atoms with Crippen LogP contribution in [-0.2, 0) is 17.8 Å². The average molecular weight is 383 g/mol. The van der Waals surface area contributed by atoms with Gasteiger partial charge in [0.05, 0.1) is 20.3 Å². The highest BCUT2D eigenvalue weighted by Gasteiger charge is 2.33. The number of nitrogens with zero attached hydrogens (tertiary/aromatic N) is 1. The first-order valence-corrected chi connectivity index (χ1v) is 9.74. The summed E-state index contributed by atoms with van der Waals surface area (Å²) in [4.78, 5) is 14.2. The lowest BCUT2D eigenvalue weighted by molar-refractivity contribution is -0.120. The van der Waals surface area contributed by atoms with Crippen molar-refractivity contribution in [2.24, 2.45) is 0 Å². The van der Waals surface area contributed by atoms with Gasteiger partial charge in [0.25, 0.3) is 0 Å². The fourth-order valence-corrected chi connectivity index (χ4v) is 4.24. The van der Waals surface area contributed by atoms with E-state index in [0.717, 1.165) is 31.0 Å². The van der Waals surface area contributed by atoms with E-state index in [-0.39, 0.29) is 18.0 Å². The molecule has 2 atom stereocenters. The Kier molecular flexibility index (Phi) is 6.25. The third kappa shape index (κ3) is 4.30. The second-order valence-electron chi connectivity index (χ2n) is 7.55. The van der Waals surface area contributed by atoms with Crippen LogP contribution in [0, 0.1) is 6.92 Å². The maximum absolute atomic E-state index is 11.8. The maximum atomic E-state index is 11.8. The van der Waals surface area contributed by atoms with Crippen LogP contribution >= 0.6 is 0 Å². The van der Waals surface area contributed by atoms with E-state index in [9.17, 15) is 4.79 Å². The van der Waals surface area contributed by atoms with Crippen molar-refractivity contribution in [1.82, 2.24) is 10.2 Å². The first-order chi connectivity index (χ1) is 13.4. The smallest absolute Gasteiger partial charge is 0.217 e. The molecule has 0 fully saturated rings. The molecule has 1 N–H and O–H groups in total. The second-order valence-corrected chi connectivity index (χ2v) is 7.55. The molecule has 0 bridgehead atoms. The van der Waals surface area contributed by atoms with E-state index in [1.807, 2.05) is 0 Å². The Morgan fingerprint density at radius 1 is 1.21 bits per heavy atom. The standard InChI is InChI=1S/C23H30N2O3/c1-15-7-6-8-18(11-15)14-25-10-9-19-12-21(27-4)22(28-5)13-20(19)23(25)16(2)24-17(3)26/h6-8,11-13,16,23H,9-10,14H2,1-5H3,(H,24,26)/t16-,23+/m1/s1. The number of hydrogen-bond acceptors (Lipinski definition) is 4. The summed E-state index contributed by atoms with van der Waals surface area (Å²) < 4.78 is 11.0. The predicted octanol–water partition coefficient (Wildman–Crippen LogP) is 3.64. The predicted molar refractivity (Wildman–Crippen MR) is 111 cm³/mol. The Labute approximate surface area is 167 Å². The third-order valence-corrected chi connectivity index (χ3v) is 5.40. The fourth-order valence-electron chi connectivity index (χ4n) is 4.24. The van der Waals surface area contributed by atoms with Crippen LogP contribution in [-0.4, -0.2) is 37.6 Å². The molecule has 1 aliphatic rings. The van der Waals surface area contributed by atoms with E-state index in [1.54, 1.807) is 21.1 Å². The molecule has 0 aliphatic carbocycles. The molecule has 2 aromatic rings. The lowest BCUT2D eigenvalue weighted by Gasteiger charge is -2.41. The Bertz CT molecular complexity index is 850. The highest BCUT2D eigenvalue weighted by atomic mass is 16.5. The zero-order valence-electron chi connectivity index (χ0n) is 17.4. The number of carbonyl (C=O) groups is 1. The van der Waals surface area contributed by atoms with Gasteiger partial charge >= 0.3 is 0 Å². The molecule has 3 rings (SSSR count). The molecule has 1 aliphatic heterocycles. The van der Waals surface area contributed by atoms with Crippen LogP contribution < -0.4 is 14.8 Å². The van der Waals surface area contributed by atoms with Crippen molar-refractivity contribution >= 4 is 5.91 Å². The van der Waals surface area contributed by atoms with Crippen molar-refractivity contribution in [2.75, 3.05) is 20.8 Å². The first kappa shape index (κ1) is 20.2. The molecule has 28 heavy (non-hydrogen) atoms. The maximum Gasteiger partial charge on any atom is 0.217 e. The minimum Gasteiger partial charge on any atom is -0.493 e. The summed E-state index contributed by atoms with van der Waals surface area (Å²) in [5.74, 6) is 1.45. The molecule has 0 aromatic heterocycles. The zero-order chi connectivity index (χ0) is 20.3. The van der Waals surface area contributed by atoms with E-state index >= 15 is 0 Å². The average Bonchev–Trinajstić information content (AvgIpc) is 2.66. The molecule has 150 valence electrons. The zero-order valence-corrected chi connectivity index (χ0v) is 17.4. The molecule has 2 aromatic carbocycles. The molecule has 1 amide bonds. The molecule has 5 nitrogen and oxygen atoms in total. The van der Waals surface area contributed by atoms with E-state index in [4.69, 9.17) is 9.47 Å². The van der Waals surface area contributed by atoms with Gasteiger partial charge in [0, 0.05) is 26.1 Å². The van der Waals surface area contributed by atoms with Crippen molar-refractivity contribution in [3.05, 3.63) is 58.7 Å². The van der Waals surface area contributed by atoms with E-state index in [0.29, 0.717) is 0 Å². The summed E-state index contributed by atoms with van der Waals surface area (Å²) >= 11 is 0. The summed E-state index contributed by atoms with van der Waals surface area (Å²) in [6.07, 6.45) is 0.935. The Balaban J connectivity index is 2.00. The molecule has 0 spiro atoms. The normalized spacial score (nSPS) is 17.5. The van der Waals surface area contributed by atoms with Crippen molar-refractivity contribution < 1.29 is 14.3 Å². The van der Waals surface area contributed by atoms with Crippen LogP contribution in [0.5, 0.6) is 11.5 Å². The van der Waals surface area contributed by atoms with Gasteiger partial charge in [-0.1, -0.05) is 29.8 Å². The van der Waals surface area contributed by atoms with Crippen LogP contribution in [0.15, 0.2) is 36.4 Å².